The first kappa shape index (κ1) is 15.5. The van der Waals surface area contributed by atoms with Gasteiger partial charge in [0.15, 0.2) is 5.13 Å². The Hall–Kier alpha value is -1.85. The second-order valence-electron chi connectivity index (χ2n) is 4.45. The summed E-state index contributed by atoms with van der Waals surface area (Å²) >= 11 is 7.54. The van der Waals surface area contributed by atoms with Gasteiger partial charge in [0.1, 0.15) is 0 Å². The lowest BCUT2D eigenvalue weighted by atomic mass is 10.1. The number of rotatable bonds is 6. The van der Waals surface area contributed by atoms with Crippen molar-refractivity contribution < 1.29 is 0 Å². The maximum atomic E-state index is 8.11. The molecule has 0 bridgehead atoms. The van der Waals surface area contributed by atoms with Crippen molar-refractivity contribution >= 4 is 39.5 Å². The summed E-state index contributed by atoms with van der Waals surface area (Å²) in [6.07, 6.45) is 4.32. The van der Waals surface area contributed by atoms with Crippen molar-refractivity contribution in [1.82, 2.24) is 4.98 Å². The van der Waals surface area contributed by atoms with Gasteiger partial charge in [-0.2, -0.15) is 0 Å². The van der Waals surface area contributed by atoms with Crippen molar-refractivity contribution in [2.45, 2.75) is 13.3 Å². The molecule has 110 valence electrons. The Labute approximate surface area is 133 Å². The van der Waals surface area contributed by atoms with E-state index in [0.717, 1.165) is 28.5 Å². The van der Waals surface area contributed by atoms with Crippen LogP contribution in [-0.4, -0.2) is 17.2 Å². The molecule has 2 aromatic rings. The van der Waals surface area contributed by atoms with Gasteiger partial charge >= 0.3 is 0 Å². The van der Waals surface area contributed by atoms with Crippen LogP contribution in [0.2, 0.25) is 5.02 Å². The molecule has 0 atom stereocenters. The number of halogens is 1. The van der Waals surface area contributed by atoms with Gasteiger partial charge in [-0.3, -0.25) is 5.41 Å². The van der Waals surface area contributed by atoms with Gasteiger partial charge in [0.05, 0.1) is 10.6 Å². The number of hydrogen-bond donors (Lipinski definition) is 3. The number of nitrogens with two attached hydrogens (primary N) is 1. The number of nitrogens with one attached hydrogen (secondary N) is 2. The van der Waals surface area contributed by atoms with E-state index in [1.54, 1.807) is 18.3 Å². The number of allylic oxidation sites excluding steroid dienone is 1. The van der Waals surface area contributed by atoms with Crippen LogP contribution >= 0.6 is 22.9 Å². The SMILES string of the molecule is CCCNc1ncc(C(=N)/C=C(\N)c2ccccc2Cl)s1. The number of thiazole rings is 1. The molecule has 0 unspecified atom stereocenters. The fraction of sp³-hybridized carbons (Fsp3) is 0.200. The standard InChI is InChI=1S/C15H17ClN4S/c1-2-7-19-15-20-9-14(21-15)13(18)8-12(17)10-5-3-4-6-11(10)16/h3-6,8-9,18H,2,7,17H2,1H3,(H,19,20)/b12-8-,18-13?. The third-order valence-corrected chi connectivity index (χ3v) is 4.10. The van der Waals surface area contributed by atoms with Crippen molar-refractivity contribution in [3.05, 3.63) is 52.0 Å². The van der Waals surface area contributed by atoms with E-state index >= 15 is 0 Å². The molecule has 0 aliphatic rings. The van der Waals surface area contributed by atoms with Crippen LogP contribution in [0.3, 0.4) is 0 Å². The predicted molar refractivity (Wildman–Crippen MR) is 91.3 cm³/mol. The molecule has 1 aromatic heterocycles. The van der Waals surface area contributed by atoms with Crippen molar-refractivity contribution in [2.75, 3.05) is 11.9 Å². The zero-order valence-electron chi connectivity index (χ0n) is 11.7. The van der Waals surface area contributed by atoms with Gasteiger partial charge in [0, 0.05) is 29.0 Å². The lowest BCUT2D eigenvalue weighted by Gasteiger charge is -2.04. The molecule has 0 saturated heterocycles. The number of aromatic nitrogens is 1. The largest absolute Gasteiger partial charge is 0.398 e. The van der Waals surface area contributed by atoms with E-state index in [0.29, 0.717) is 16.4 Å². The number of hydrogen-bond acceptors (Lipinski definition) is 5. The fourth-order valence-electron chi connectivity index (χ4n) is 1.71. The summed E-state index contributed by atoms with van der Waals surface area (Å²) in [5.74, 6) is 0. The van der Waals surface area contributed by atoms with Gasteiger partial charge in [-0.05, 0) is 18.6 Å². The van der Waals surface area contributed by atoms with Gasteiger partial charge < -0.3 is 11.1 Å². The monoisotopic (exact) mass is 320 g/mol. The Morgan fingerprint density at radius 1 is 1.48 bits per heavy atom. The highest BCUT2D eigenvalue weighted by atomic mass is 35.5. The molecule has 0 aliphatic carbocycles. The zero-order chi connectivity index (χ0) is 15.2. The Morgan fingerprint density at radius 3 is 2.95 bits per heavy atom. The van der Waals surface area contributed by atoms with Gasteiger partial charge in [-0.1, -0.05) is 48.1 Å². The molecule has 4 N–H and O–H groups in total. The van der Waals surface area contributed by atoms with Crippen molar-refractivity contribution in [2.24, 2.45) is 5.73 Å². The normalized spacial score (nSPS) is 11.4. The van der Waals surface area contributed by atoms with Crippen LogP contribution < -0.4 is 11.1 Å². The van der Waals surface area contributed by atoms with Crippen LogP contribution in [0.25, 0.3) is 5.70 Å². The fourth-order valence-corrected chi connectivity index (χ4v) is 2.72. The van der Waals surface area contributed by atoms with Crippen LogP contribution in [0.4, 0.5) is 5.13 Å². The van der Waals surface area contributed by atoms with Crippen molar-refractivity contribution in [3.63, 3.8) is 0 Å². The summed E-state index contributed by atoms with van der Waals surface area (Å²) in [6, 6.07) is 7.33. The molecule has 0 radical (unpaired) electrons. The van der Waals surface area contributed by atoms with Crippen molar-refractivity contribution in [3.8, 4) is 0 Å². The molecule has 6 heteroatoms. The van der Waals surface area contributed by atoms with Crippen LogP contribution in [0.15, 0.2) is 36.5 Å². The van der Waals surface area contributed by atoms with Gasteiger partial charge in [0.2, 0.25) is 0 Å². The second-order valence-corrected chi connectivity index (χ2v) is 5.89. The van der Waals surface area contributed by atoms with E-state index in [1.165, 1.54) is 11.3 Å². The maximum Gasteiger partial charge on any atom is 0.183 e. The first-order chi connectivity index (χ1) is 10.1. The van der Waals surface area contributed by atoms with E-state index in [-0.39, 0.29) is 0 Å². The number of benzene rings is 1. The maximum absolute atomic E-state index is 8.11. The van der Waals surface area contributed by atoms with E-state index in [2.05, 4.69) is 17.2 Å². The second kappa shape index (κ2) is 7.24. The quantitative estimate of drug-likeness (QED) is 0.704. The topological polar surface area (TPSA) is 74.8 Å². The minimum absolute atomic E-state index is 0.328. The molecule has 1 heterocycles. The van der Waals surface area contributed by atoms with Crippen LogP contribution in [-0.2, 0) is 0 Å². The average molecular weight is 321 g/mol. The Bertz CT molecular complexity index is 663. The van der Waals surface area contributed by atoms with E-state index < -0.39 is 0 Å². The van der Waals surface area contributed by atoms with E-state index in [1.807, 2.05) is 18.2 Å². The molecule has 4 nitrogen and oxygen atoms in total. The predicted octanol–water partition coefficient (Wildman–Crippen LogP) is 3.99. The Morgan fingerprint density at radius 2 is 2.24 bits per heavy atom. The number of anilines is 1. The third-order valence-electron chi connectivity index (χ3n) is 2.78. The minimum atomic E-state index is 0.328. The molecule has 0 saturated carbocycles. The highest BCUT2D eigenvalue weighted by molar-refractivity contribution is 7.17. The molecule has 1 aromatic carbocycles. The lowest BCUT2D eigenvalue weighted by Crippen LogP contribution is -2.01. The zero-order valence-corrected chi connectivity index (χ0v) is 13.3. The van der Waals surface area contributed by atoms with Crippen LogP contribution in [0.1, 0.15) is 23.8 Å². The molecule has 21 heavy (non-hydrogen) atoms. The summed E-state index contributed by atoms with van der Waals surface area (Å²) in [5, 5.41) is 12.7. The van der Waals surface area contributed by atoms with Gasteiger partial charge in [-0.15, -0.1) is 0 Å². The smallest absolute Gasteiger partial charge is 0.183 e. The summed E-state index contributed by atoms with van der Waals surface area (Å²) in [5.41, 5.74) is 7.56. The third kappa shape index (κ3) is 4.06. The molecule has 0 fully saturated rings. The Balaban J connectivity index is 2.15. The van der Waals surface area contributed by atoms with E-state index in [4.69, 9.17) is 22.7 Å². The lowest BCUT2D eigenvalue weighted by molar-refractivity contribution is 0.976. The highest BCUT2D eigenvalue weighted by Gasteiger charge is 2.08. The summed E-state index contributed by atoms with van der Waals surface area (Å²) in [4.78, 5) is 5.01. The first-order valence-corrected chi connectivity index (χ1v) is 7.82. The molecular formula is C15H17ClN4S. The molecule has 2 rings (SSSR count). The Kier molecular flexibility index (Phi) is 5.36. The summed E-state index contributed by atoms with van der Waals surface area (Å²) in [6.45, 7) is 2.97. The van der Waals surface area contributed by atoms with Crippen molar-refractivity contribution in [1.29, 1.82) is 5.41 Å². The molecule has 0 amide bonds. The highest BCUT2D eigenvalue weighted by Crippen LogP contribution is 2.23. The van der Waals surface area contributed by atoms with E-state index in [9.17, 15) is 0 Å². The molecular weight excluding hydrogens is 304 g/mol. The van der Waals surface area contributed by atoms with Gasteiger partial charge in [-0.25, -0.2) is 4.98 Å². The van der Waals surface area contributed by atoms with Gasteiger partial charge in [0.25, 0.3) is 0 Å². The van der Waals surface area contributed by atoms with Crippen LogP contribution in [0.5, 0.6) is 0 Å². The minimum Gasteiger partial charge on any atom is -0.398 e. The summed E-state index contributed by atoms with van der Waals surface area (Å²) in [7, 11) is 0. The first-order valence-electron chi connectivity index (χ1n) is 6.62. The summed E-state index contributed by atoms with van der Waals surface area (Å²) < 4.78 is 0. The molecule has 0 aliphatic heterocycles. The molecule has 0 spiro atoms. The average Bonchev–Trinajstić information content (AvgIpc) is 2.94. The van der Waals surface area contributed by atoms with Crippen LogP contribution in [0, 0.1) is 5.41 Å². The number of nitrogens with zero attached hydrogens (tertiary/aromatic N) is 1.